The first-order valence-corrected chi connectivity index (χ1v) is 12.9. The molecule has 0 spiro atoms. The third-order valence-corrected chi connectivity index (χ3v) is 6.95. The molecule has 1 amide bonds. The lowest BCUT2D eigenvalue weighted by Crippen LogP contribution is -2.38. The van der Waals surface area contributed by atoms with Crippen LogP contribution in [0.1, 0.15) is 12.8 Å². The maximum absolute atomic E-state index is 12.4. The van der Waals surface area contributed by atoms with E-state index in [-0.39, 0.29) is 5.91 Å². The molecule has 1 atom stereocenters. The minimum atomic E-state index is -0.280. The molecule has 3 aromatic heterocycles. The van der Waals surface area contributed by atoms with E-state index in [1.54, 1.807) is 19.5 Å². The van der Waals surface area contributed by atoms with E-state index in [9.17, 15) is 4.79 Å². The summed E-state index contributed by atoms with van der Waals surface area (Å²) < 4.78 is 7.83. The molecule has 5 rings (SSSR count). The molecule has 2 N–H and O–H groups in total. The van der Waals surface area contributed by atoms with Crippen molar-refractivity contribution >= 4 is 40.0 Å². The van der Waals surface area contributed by atoms with Crippen molar-refractivity contribution in [2.45, 2.75) is 18.9 Å². The van der Waals surface area contributed by atoms with Gasteiger partial charge in [0.15, 0.2) is 0 Å². The molecule has 1 aliphatic heterocycles. The lowest BCUT2D eigenvalue weighted by molar-refractivity contribution is -0.111. The van der Waals surface area contributed by atoms with Crippen molar-refractivity contribution in [3.63, 3.8) is 0 Å². The van der Waals surface area contributed by atoms with Gasteiger partial charge >= 0.3 is 0 Å². The van der Waals surface area contributed by atoms with Crippen molar-refractivity contribution in [1.82, 2.24) is 24.4 Å². The van der Waals surface area contributed by atoms with Crippen molar-refractivity contribution in [1.29, 1.82) is 0 Å². The number of rotatable bonds is 9. The van der Waals surface area contributed by atoms with Gasteiger partial charge in [-0.3, -0.25) is 9.78 Å². The van der Waals surface area contributed by atoms with Crippen LogP contribution < -0.4 is 20.3 Å². The maximum Gasteiger partial charge on any atom is 0.247 e. The second-order valence-corrected chi connectivity index (χ2v) is 9.93. The second kappa shape index (κ2) is 11.1. The minimum Gasteiger partial charge on any atom is -0.494 e. The number of hydrogen-bond donors (Lipinski definition) is 2. The number of benzene rings is 1. The number of fused-ring (bicyclic) bond motifs is 1. The normalized spacial score (nSPS) is 15.1. The van der Waals surface area contributed by atoms with Crippen molar-refractivity contribution < 1.29 is 9.53 Å². The van der Waals surface area contributed by atoms with Crippen LogP contribution in [0.4, 0.5) is 23.0 Å². The molecule has 1 saturated heterocycles. The van der Waals surface area contributed by atoms with Gasteiger partial charge in [-0.25, -0.2) is 9.97 Å². The molecule has 0 radical (unpaired) electrons. The maximum atomic E-state index is 12.4. The summed E-state index contributed by atoms with van der Waals surface area (Å²) in [7, 11) is 7.77. The number of aromatic nitrogens is 4. The average molecular weight is 527 g/mol. The summed E-state index contributed by atoms with van der Waals surface area (Å²) in [5.41, 5.74) is 5.78. The summed E-state index contributed by atoms with van der Waals surface area (Å²) in [5.74, 6) is 0.745. The molecule has 10 heteroatoms. The number of nitrogens with one attached hydrogen (secondary N) is 2. The fraction of sp³-hybridized carbons (Fsp3) is 0.310. The minimum absolute atomic E-state index is 0.280. The highest BCUT2D eigenvalue weighted by Gasteiger charge is 2.28. The van der Waals surface area contributed by atoms with Gasteiger partial charge < -0.3 is 29.7 Å². The van der Waals surface area contributed by atoms with E-state index in [2.05, 4.69) is 51.1 Å². The number of nitrogens with zero attached hydrogens (tertiary/aromatic N) is 6. The number of anilines is 4. The van der Waals surface area contributed by atoms with Crippen LogP contribution in [0.5, 0.6) is 5.75 Å². The molecule has 39 heavy (non-hydrogen) atoms. The van der Waals surface area contributed by atoms with Gasteiger partial charge in [0.1, 0.15) is 5.75 Å². The van der Waals surface area contributed by atoms with E-state index in [1.807, 2.05) is 48.1 Å². The SMILES string of the molecule is C=CC(=O)Nc1cc(Nc2nccc(-c3cn(C)c4cccnc34)n2)c(OC)cc1N1CCCC1CN(C)C. The topological polar surface area (TPSA) is 100 Å². The van der Waals surface area contributed by atoms with Gasteiger partial charge in [-0.1, -0.05) is 6.58 Å². The van der Waals surface area contributed by atoms with E-state index in [0.29, 0.717) is 29.1 Å². The van der Waals surface area contributed by atoms with Crippen molar-refractivity contribution in [3.05, 3.63) is 61.6 Å². The first kappa shape index (κ1) is 26.2. The molecule has 1 fully saturated rings. The van der Waals surface area contributed by atoms with Gasteiger partial charge in [0.2, 0.25) is 11.9 Å². The third-order valence-electron chi connectivity index (χ3n) is 6.95. The highest BCUT2D eigenvalue weighted by molar-refractivity contribution is 6.02. The number of methoxy groups -OCH3 is 1. The smallest absolute Gasteiger partial charge is 0.247 e. The standard InChI is InChI=1S/C29H34N8O2/c1-6-27(38)32-22-15-23(26(39-5)16-25(22)37-14-8-9-19(37)17-35(2)3)34-29-31-13-11-21(33-29)20-18-36(4)24-10-7-12-30-28(20)24/h6-7,10-13,15-16,18-19H,1,8-9,14,17H2,2-5H3,(H,32,38)(H,31,33,34). The van der Waals surface area contributed by atoms with Crippen LogP contribution in [-0.4, -0.2) is 70.7 Å². The Kier molecular flexibility index (Phi) is 7.47. The fourth-order valence-electron chi connectivity index (χ4n) is 5.21. The number of pyridine rings is 1. The van der Waals surface area contributed by atoms with Crippen molar-refractivity contribution in [2.24, 2.45) is 7.05 Å². The van der Waals surface area contributed by atoms with Crippen LogP contribution in [0.2, 0.25) is 0 Å². The number of aryl methyl sites for hydroxylation is 1. The quantitative estimate of drug-likeness (QED) is 0.309. The number of amides is 1. The summed E-state index contributed by atoms with van der Waals surface area (Å²) in [5, 5.41) is 6.29. The zero-order valence-corrected chi connectivity index (χ0v) is 22.8. The van der Waals surface area contributed by atoms with Gasteiger partial charge in [-0.05, 0) is 57.3 Å². The molecule has 1 aliphatic rings. The monoisotopic (exact) mass is 526 g/mol. The number of hydrogen-bond acceptors (Lipinski definition) is 8. The molecular weight excluding hydrogens is 492 g/mol. The Balaban J connectivity index is 1.52. The number of likely N-dealkylation sites (N-methyl/N-ethyl adjacent to an activating group) is 1. The molecule has 202 valence electrons. The summed E-state index contributed by atoms with van der Waals surface area (Å²) in [6, 6.07) is 9.98. The Morgan fingerprint density at radius 2 is 2.08 bits per heavy atom. The zero-order valence-electron chi connectivity index (χ0n) is 22.8. The van der Waals surface area contributed by atoms with Gasteiger partial charge in [-0.15, -0.1) is 0 Å². The van der Waals surface area contributed by atoms with Crippen molar-refractivity contribution in [3.8, 4) is 17.0 Å². The van der Waals surface area contributed by atoms with Crippen LogP contribution in [0.25, 0.3) is 22.3 Å². The average Bonchev–Trinajstić information content (AvgIpc) is 3.52. The van der Waals surface area contributed by atoms with Gasteiger partial charge in [0, 0.05) is 56.4 Å². The van der Waals surface area contributed by atoms with Crippen LogP contribution in [0.15, 0.2) is 61.6 Å². The molecule has 0 saturated carbocycles. The van der Waals surface area contributed by atoms with Gasteiger partial charge in [0.05, 0.1) is 40.9 Å². The molecule has 4 aromatic rings. The Hall–Kier alpha value is -4.44. The van der Waals surface area contributed by atoms with Gasteiger partial charge in [-0.2, -0.15) is 0 Å². The summed E-state index contributed by atoms with van der Waals surface area (Å²) in [6.45, 7) is 5.44. The number of carbonyl (C=O) groups is 1. The van der Waals surface area contributed by atoms with Crippen LogP contribution >= 0.6 is 0 Å². The largest absolute Gasteiger partial charge is 0.494 e. The predicted octanol–water partition coefficient (Wildman–Crippen LogP) is 4.44. The third kappa shape index (κ3) is 5.42. The Morgan fingerprint density at radius 1 is 1.23 bits per heavy atom. The zero-order chi connectivity index (χ0) is 27.5. The lowest BCUT2D eigenvalue weighted by Gasteiger charge is -2.31. The Morgan fingerprint density at radius 3 is 2.85 bits per heavy atom. The summed E-state index contributed by atoms with van der Waals surface area (Å²) >= 11 is 0. The molecule has 1 aromatic carbocycles. The van der Waals surface area contributed by atoms with Crippen LogP contribution in [0.3, 0.4) is 0 Å². The number of ether oxygens (including phenoxy) is 1. The highest BCUT2D eigenvalue weighted by Crippen LogP contribution is 2.41. The fourth-order valence-corrected chi connectivity index (χ4v) is 5.21. The first-order chi connectivity index (χ1) is 18.9. The van der Waals surface area contributed by atoms with Crippen molar-refractivity contribution in [2.75, 3.05) is 49.8 Å². The molecule has 0 bridgehead atoms. The number of carbonyl (C=O) groups excluding carboxylic acids is 1. The summed E-state index contributed by atoms with van der Waals surface area (Å²) in [6.07, 6.45) is 8.94. The Labute approximate surface area is 228 Å². The van der Waals surface area contributed by atoms with E-state index < -0.39 is 0 Å². The van der Waals surface area contributed by atoms with E-state index in [0.717, 1.165) is 53.9 Å². The second-order valence-electron chi connectivity index (χ2n) is 9.93. The Bertz CT molecular complexity index is 1510. The van der Waals surface area contributed by atoms with Gasteiger partial charge in [0.25, 0.3) is 0 Å². The van der Waals surface area contributed by atoms with E-state index >= 15 is 0 Å². The first-order valence-electron chi connectivity index (χ1n) is 12.9. The highest BCUT2D eigenvalue weighted by atomic mass is 16.5. The van der Waals surface area contributed by atoms with Crippen LogP contribution in [0, 0.1) is 0 Å². The summed E-state index contributed by atoms with van der Waals surface area (Å²) in [4.78, 5) is 30.7. The van der Waals surface area contributed by atoms with Crippen LogP contribution in [-0.2, 0) is 11.8 Å². The molecule has 10 nitrogen and oxygen atoms in total. The molecule has 4 heterocycles. The van der Waals surface area contributed by atoms with E-state index in [1.165, 1.54) is 6.08 Å². The molecular formula is C29H34N8O2. The lowest BCUT2D eigenvalue weighted by atomic mass is 10.1. The molecule has 1 unspecified atom stereocenters. The van der Waals surface area contributed by atoms with E-state index in [4.69, 9.17) is 9.72 Å². The predicted molar refractivity (Wildman–Crippen MR) is 156 cm³/mol. The molecule has 0 aliphatic carbocycles.